The molecule has 0 unspecified atom stereocenters. The van der Waals surface area contributed by atoms with Crippen LogP contribution in [0.15, 0.2) is 58.6 Å². The maximum atomic E-state index is 14.4. The van der Waals surface area contributed by atoms with Gasteiger partial charge in [-0.1, -0.05) is 46.3 Å². The molecular formula is C19H15BrFNO4. The summed E-state index contributed by atoms with van der Waals surface area (Å²) in [5, 5.41) is 19.9. The number of β-amino-alcohol motifs (C(OH)–C–C–N with tert-alkyl or cyclic N) is 1. The average molecular weight is 420 g/mol. The summed E-state index contributed by atoms with van der Waals surface area (Å²) in [6.45, 7) is -0.545. The minimum atomic E-state index is -1.10. The normalized spacial score (nSPS) is 19.2. The van der Waals surface area contributed by atoms with Gasteiger partial charge < -0.3 is 15.1 Å². The van der Waals surface area contributed by atoms with Crippen LogP contribution in [0, 0.1) is 5.82 Å². The van der Waals surface area contributed by atoms with Gasteiger partial charge in [0.1, 0.15) is 11.6 Å². The van der Waals surface area contributed by atoms with Crippen molar-refractivity contribution in [1.29, 1.82) is 0 Å². The molecule has 2 aromatic carbocycles. The van der Waals surface area contributed by atoms with Gasteiger partial charge in [0.2, 0.25) is 0 Å². The van der Waals surface area contributed by atoms with E-state index < -0.39 is 30.2 Å². The predicted molar refractivity (Wildman–Crippen MR) is 96.6 cm³/mol. The number of Topliss-reactive ketones (excluding diaryl/α,β-unsaturated/α-hetero) is 1. The summed E-state index contributed by atoms with van der Waals surface area (Å²) in [6.07, 6.45) is 0. The number of amides is 1. The van der Waals surface area contributed by atoms with Crippen LogP contribution >= 0.6 is 15.9 Å². The van der Waals surface area contributed by atoms with Gasteiger partial charge in [-0.15, -0.1) is 0 Å². The highest BCUT2D eigenvalue weighted by Gasteiger charge is 2.46. The summed E-state index contributed by atoms with van der Waals surface area (Å²) >= 11 is 3.28. The second-order valence-electron chi connectivity index (χ2n) is 5.74. The first kappa shape index (κ1) is 18.3. The Morgan fingerprint density at radius 1 is 1.12 bits per heavy atom. The van der Waals surface area contributed by atoms with E-state index in [2.05, 4.69) is 15.9 Å². The van der Waals surface area contributed by atoms with E-state index in [4.69, 9.17) is 0 Å². The number of carbonyl (C=O) groups is 2. The van der Waals surface area contributed by atoms with Gasteiger partial charge in [-0.2, -0.15) is 0 Å². The lowest BCUT2D eigenvalue weighted by Gasteiger charge is -2.24. The number of likely N-dealkylation sites (tertiary alicyclic amines) is 1. The van der Waals surface area contributed by atoms with E-state index in [0.29, 0.717) is 5.56 Å². The number of ketones is 1. The number of rotatable bonds is 4. The molecule has 1 saturated heterocycles. The van der Waals surface area contributed by atoms with Gasteiger partial charge in [0, 0.05) is 22.1 Å². The summed E-state index contributed by atoms with van der Waals surface area (Å²) in [5.74, 6) is -2.79. The van der Waals surface area contributed by atoms with Crippen LogP contribution in [0.5, 0.6) is 0 Å². The molecule has 1 aliphatic heterocycles. The van der Waals surface area contributed by atoms with Gasteiger partial charge in [-0.05, 0) is 18.2 Å². The Hall–Kier alpha value is -2.51. The Bertz CT molecular complexity index is 895. The van der Waals surface area contributed by atoms with Crippen molar-refractivity contribution in [1.82, 2.24) is 4.90 Å². The first-order valence-electron chi connectivity index (χ1n) is 7.85. The fourth-order valence-corrected chi connectivity index (χ4v) is 3.27. The third-order valence-corrected chi connectivity index (χ3v) is 4.73. The molecule has 1 aliphatic rings. The maximum Gasteiger partial charge on any atom is 0.295 e. The van der Waals surface area contributed by atoms with Gasteiger partial charge in [0.25, 0.3) is 11.7 Å². The zero-order valence-electron chi connectivity index (χ0n) is 13.5. The molecule has 5 nitrogen and oxygen atoms in total. The minimum absolute atomic E-state index is 0.0822. The summed E-state index contributed by atoms with van der Waals surface area (Å²) in [5.41, 5.74) is 0.214. The Kier molecular flexibility index (Phi) is 5.20. The molecule has 0 aliphatic carbocycles. The van der Waals surface area contributed by atoms with Crippen molar-refractivity contribution in [3.05, 3.63) is 75.5 Å². The minimum Gasteiger partial charge on any atom is -0.507 e. The van der Waals surface area contributed by atoms with Crippen molar-refractivity contribution in [3.8, 4) is 0 Å². The second-order valence-corrected chi connectivity index (χ2v) is 6.66. The molecule has 2 N–H and O–H groups in total. The van der Waals surface area contributed by atoms with Crippen LogP contribution in [0.25, 0.3) is 5.76 Å². The number of halogens is 2. The van der Waals surface area contributed by atoms with E-state index in [9.17, 15) is 24.2 Å². The molecule has 0 radical (unpaired) electrons. The molecule has 1 atom stereocenters. The van der Waals surface area contributed by atoms with Gasteiger partial charge in [0.15, 0.2) is 0 Å². The largest absolute Gasteiger partial charge is 0.507 e. The van der Waals surface area contributed by atoms with Crippen molar-refractivity contribution in [2.75, 3.05) is 13.2 Å². The molecular weight excluding hydrogens is 405 g/mol. The summed E-state index contributed by atoms with van der Waals surface area (Å²) in [4.78, 5) is 26.0. The number of hydrogen-bond acceptors (Lipinski definition) is 4. The molecule has 3 rings (SSSR count). The van der Waals surface area contributed by atoms with Gasteiger partial charge in [-0.25, -0.2) is 4.39 Å². The van der Waals surface area contributed by atoms with Crippen molar-refractivity contribution in [2.24, 2.45) is 0 Å². The van der Waals surface area contributed by atoms with Crippen molar-refractivity contribution >= 4 is 33.4 Å². The van der Waals surface area contributed by atoms with Crippen LogP contribution in [0.2, 0.25) is 0 Å². The molecule has 0 aromatic heterocycles. The third-order valence-electron chi connectivity index (χ3n) is 4.20. The zero-order valence-corrected chi connectivity index (χ0v) is 15.1. The van der Waals surface area contributed by atoms with Crippen LogP contribution in [0.3, 0.4) is 0 Å². The number of aliphatic hydroxyl groups excluding tert-OH is 2. The Labute approximate surface area is 157 Å². The number of benzene rings is 2. The highest BCUT2D eigenvalue weighted by Crippen LogP contribution is 2.40. The molecule has 2 aromatic rings. The lowest BCUT2D eigenvalue weighted by atomic mass is 9.95. The van der Waals surface area contributed by atoms with E-state index in [-0.39, 0.29) is 23.4 Å². The molecule has 0 saturated carbocycles. The van der Waals surface area contributed by atoms with Crippen molar-refractivity contribution in [3.63, 3.8) is 0 Å². The highest BCUT2D eigenvalue weighted by atomic mass is 79.9. The fourth-order valence-electron chi connectivity index (χ4n) is 3.00. The topological polar surface area (TPSA) is 77.8 Å². The second kappa shape index (κ2) is 7.39. The van der Waals surface area contributed by atoms with Crippen molar-refractivity contribution in [2.45, 2.75) is 6.04 Å². The molecule has 0 bridgehead atoms. The van der Waals surface area contributed by atoms with Gasteiger partial charge >= 0.3 is 0 Å². The number of nitrogens with zero attached hydrogens (tertiary/aromatic N) is 1. The molecule has 7 heteroatoms. The average Bonchev–Trinajstić information content (AvgIpc) is 2.87. The molecule has 1 heterocycles. The first-order valence-corrected chi connectivity index (χ1v) is 8.64. The van der Waals surface area contributed by atoms with Crippen molar-refractivity contribution < 1.29 is 24.2 Å². The lowest BCUT2D eigenvalue weighted by molar-refractivity contribution is -0.140. The van der Waals surface area contributed by atoms with Crippen LogP contribution in [-0.4, -0.2) is 40.0 Å². The Balaban J connectivity index is 2.21. The number of aliphatic hydroxyl groups is 2. The highest BCUT2D eigenvalue weighted by molar-refractivity contribution is 9.10. The van der Waals surface area contributed by atoms with Crippen LogP contribution < -0.4 is 0 Å². The third kappa shape index (κ3) is 3.15. The summed E-state index contributed by atoms with van der Waals surface area (Å²) in [6, 6.07) is 11.1. The Morgan fingerprint density at radius 2 is 1.77 bits per heavy atom. The fraction of sp³-hybridized carbons (Fsp3) is 0.158. The van der Waals surface area contributed by atoms with Gasteiger partial charge in [0.05, 0.1) is 18.2 Å². The first-order chi connectivity index (χ1) is 12.5. The molecule has 1 fully saturated rings. The van der Waals surface area contributed by atoms with E-state index in [1.165, 1.54) is 18.2 Å². The maximum absolute atomic E-state index is 14.4. The quantitative estimate of drug-likeness (QED) is 0.453. The molecule has 0 spiro atoms. The zero-order chi connectivity index (χ0) is 18.8. The van der Waals surface area contributed by atoms with E-state index in [1.807, 2.05) is 0 Å². The Morgan fingerprint density at radius 3 is 2.38 bits per heavy atom. The monoisotopic (exact) mass is 419 g/mol. The standard InChI is InChI=1S/C19H15BrFNO4/c20-12-7-5-11(6-8-12)17(24)15-16(13-3-1-2-4-14(13)21)22(9-10-23)19(26)18(15)25/h1-8,16,23-24H,9-10H2/t16-/m1/s1. The van der Waals surface area contributed by atoms with E-state index in [0.717, 1.165) is 9.37 Å². The molecule has 134 valence electrons. The van der Waals surface area contributed by atoms with Crippen LogP contribution in [-0.2, 0) is 9.59 Å². The smallest absolute Gasteiger partial charge is 0.295 e. The summed E-state index contributed by atoms with van der Waals surface area (Å²) in [7, 11) is 0. The molecule has 26 heavy (non-hydrogen) atoms. The number of carbonyl (C=O) groups excluding carboxylic acids is 2. The predicted octanol–water partition coefficient (Wildman–Crippen LogP) is 3.00. The van der Waals surface area contributed by atoms with Gasteiger partial charge in [-0.3, -0.25) is 9.59 Å². The van der Waals surface area contributed by atoms with Crippen LogP contribution in [0.1, 0.15) is 17.2 Å². The summed E-state index contributed by atoms with van der Waals surface area (Å²) < 4.78 is 15.2. The van der Waals surface area contributed by atoms with E-state index >= 15 is 0 Å². The lowest BCUT2D eigenvalue weighted by Crippen LogP contribution is -2.32. The van der Waals surface area contributed by atoms with E-state index in [1.54, 1.807) is 30.3 Å². The molecule has 1 amide bonds. The SMILES string of the molecule is O=C1C(=O)N(CCO)[C@H](c2ccccc2F)C1=C(O)c1ccc(Br)cc1. The van der Waals surface area contributed by atoms with Crippen LogP contribution in [0.4, 0.5) is 4.39 Å². The number of hydrogen-bond donors (Lipinski definition) is 2.